The maximum atomic E-state index is 14.1. The van der Waals surface area contributed by atoms with Crippen LogP contribution in [0.4, 0.5) is 0 Å². The van der Waals surface area contributed by atoms with Crippen LogP contribution in [0.2, 0.25) is 0 Å². The number of hydrogen-bond donors (Lipinski definition) is 8. The summed E-state index contributed by atoms with van der Waals surface area (Å²) in [6.07, 6.45) is 0. The van der Waals surface area contributed by atoms with Gasteiger partial charge in [0.25, 0.3) is 0 Å². The smallest absolute Gasteiger partial charge is 0.141 e. The summed E-state index contributed by atoms with van der Waals surface area (Å²) in [7, 11) is 0. The van der Waals surface area contributed by atoms with Gasteiger partial charge in [-0.2, -0.15) is 0 Å². The zero-order valence-electron chi connectivity index (χ0n) is 57.6. The van der Waals surface area contributed by atoms with Gasteiger partial charge >= 0.3 is 0 Å². The van der Waals surface area contributed by atoms with Crippen molar-refractivity contribution in [3.05, 3.63) is 382 Å². The summed E-state index contributed by atoms with van der Waals surface area (Å²) < 4.78 is 0. The third-order valence-electron chi connectivity index (χ3n) is 24.8. The number of aromatic hydroxyl groups is 4. The lowest BCUT2D eigenvalue weighted by Gasteiger charge is -2.45. The number of fused-ring (bicyclic) bond motifs is 14. The molecule has 0 bridgehead atoms. The fraction of sp³-hybridized carbons (Fsp3) is 0.0400. The van der Waals surface area contributed by atoms with Gasteiger partial charge in [0.05, 0.1) is 0 Å². The topological polar surface area (TPSA) is 162 Å². The Hall–Kier alpha value is -13.4. The van der Waals surface area contributed by atoms with Crippen LogP contribution in [0.3, 0.4) is 0 Å². The second kappa shape index (κ2) is 21.2. The Morgan fingerprint density at radius 1 is 0.167 bits per heavy atom. The van der Waals surface area contributed by atoms with Crippen LogP contribution in [0, 0.1) is 0 Å². The van der Waals surface area contributed by atoms with Crippen molar-refractivity contribution in [2.45, 2.75) is 22.4 Å². The monoisotopic (exact) mass is 1390 g/mol. The van der Waals surface area contributed by atoms with Gasteiger partial charge in [-0.1, -0.05) is 255 Å². The van der Waals surface area contributed by atoms with Gasteiger partial charge in [0.2, 0.25) is 0 Å². The highest BCUT2D eigenvalue weighted by Crippen LogP contribution is 2.59. The molecule has 108 heavy (non-hydrogen) atoms. The van der Waals surface area contributed by atoms with E-state index in [9.17, 15) is 40.9 Å². The molecule has 0 saturated heterocycles. The maximum Gasteiger partial charge on any atom is 0.141 e. The summed E-state index contributed by atoms with van der Waals surface area (Å²) >= 11 is 0. The van der Waals surface area contributed by atoms with Gasteiger partial charge in [0.15, 0.2) is 0 Å². The minimum absolute atomic E-state index is 0.00285. The molecule has 0 aromatic heterocycles. The van der Waals surface area contributed by atoms with Gasteiger partial charge in [-0.3, -0.25) is 0 Å². The van der Waals surface area contributed by atoms with E-state index >= 15 is 0 Å². The van der Waals surface area contributed by atoms with E-state index in [2.05, 4.69) is 54.6 Å². The van der Waals surface area contributed by atoms with Crippen molar-refractivity contribution in [2.24, 2.45) is 0 Å². The first kappa shape index (κ1) is 60.9. The average Bonchev–Trinajstić information content (AvgIpc) is 0.853. The number of phenols is 4. The molecular formula is C100H60O8. The van der Waals surface area contributed by atoms with Gasteiger partial charge in [-0.05, 0) is 235 Å². The normalized spacial score (nSPS) is 16.7. The SMILES string of the molecule is Oc1ccc2c(ccc3cc(C4(O)c5ccccc5-c5ccccc54)ccc32)c1-c1c(O)ccc2c1ccc1cc(C3(O)c4ccccc4C(O)(c4cc5ccc6cc(O)c(-c7c(O)cc8ccc9cc(C%10(O)c%11ccccc%11-c%11ccccc%11%10)cc%10ccc7c8c9%10)c7ccc(c4)c5c67)c4ccccc43)ccc12. The molecule has 3 aliphatic carbocycles. The van der Waals surface area contributed by atoms with E-state index in [0.717, 1.165) is 163 Å². The molecule has 8 N–H and O–H groups in total. The molecule has 0 heterocycles. The second-order valence-corrected chi connectivity index (χ2v) is 29.9. The van der Waals surface area contributed by atoms with Crippen molar-refractivity contribution in [2.75, 3.05) is 0 Å². The van der Waals surface area contributed by atoms with Crippen LogP contribution >= 0.6 is 0 Å². The standard InChI is InChI=1S/C100H60O8/c101-85-43-41-67-65-39-33-61(97(105)77-17-5-1-13-69(77)70-14-2-6-18-78(70)97)45-53(65)29-35-73(67)93(85)94-74-36-30-54-46-62(34-40-66(54)68(74)42-44-86(94)102)98(106)81-21-9-11-23-83(81)100(108,84-24-12-10-22-82(84)98)64-48-56-26-28-60-52-88(104)96(76-38-32-58(50-64)90(56)92(60)76)95-75-37-31-57-49-63(47-55-25-27-59(51-87(95)103)91(75)89(55)57)99(107)79-19-7-3-15-71(79)72-16-4-8-20-80(72)99/h1-52,101-108H. The quantitative estimate of drug-likeness (QED) is 0.0764. The van der Waals surface area contributed by atoms with Crippen molar-refractivity contribution in [1.29, 1.82) is 0 Å². The zero-order chi connectivity index (χ0) is 72.2. The predicted molar refractivity (Wildman–Crippen MR) is 433 cm³/mol. The highest BCUT2D eigenvalue weighted by Gasteiger charge is 2.52. The summed E-state index contributed by atoms with van der Waals surface area (Å²) in [4.78, 5) is 0. The van der Waals surface area contributed by atoms with E-state index in [0.29, 0.717) is 55.6 Å². The number of aliphatic hydroxyl groups is 4. The molecule has 8 heteroatoms. The summed E-state index contributed by atoms with van der Waals surface area (Å²) in [5.74, 6) is 0.0568. The highest BCUT2D eigenvalue weighted by atomic mass is 16.3. The summed E-state index contributed by atoms with van der Waals surface area (Å²) in [6, 6.07) is 103. The van der Waals surface area contributed by atoms with E-state index < -0.39 is 22.4 Å². The first-order valence-electron chi connectivity index (χ1n) is 36.5. The molecule has 0 fully saturated rings. The Bertz CT molecular complexity index is 7280. The van der Waals surface area contributed by atoms with Gasteiger partial charge in [0, 0.05) is 44.5 Å². The van der Waals surface area contributed by atoms with Crippen LogP contribution in [-0.4, -0.2) is 40.9 Å². The van der Waals surface area contributed by atoms with E-state index in [1.54, 1.807) is 24.3 Å². The van der Waals surface area contributed by atoms with Crippen LogP contribution in [0.1, 0.15) is 66.8 Å². The molecule has 20 aromatic rings. The second-order valence-electron chi connectivity index (χ2n) is 29.9. The molecule has 508 valence electrons. The number of rotatable bonds is 6. The summed E-state index contributed by atoms with van der Waals surface area (Å²) in [5.41, 5.74) is 7.78. The van der Waals surface area contributed by atoms with E-state index in [1.807, 2.05) is 237 Å². The van der Waals surface area contributed by atoms with Crippen LogP contribution in [0.5, 0.6) is 23.0 Å². The summed E-state index contributed by atoms with van der Waals surface area (Å²) in [5, 5.41) is 120. The Morgan fingerprint density at radius 3 is 0.769 bits per heavy atom. The molecule has 23 rings (SSSR count). The zero-order valence-corrected chi connectivity index (χ0v) is 57.6. The molecular weight excluding hydrogens is 1330 g/mol. The molecule has 0 unspecified atom stereocenters. The minimum atomic E-state index is -1.78. The fourth-order valence-electron chi connectivity index (χ4n) is 20.1. The third kappa shape index (κ3) is 7.65. The van der Waals surface area contributed by atoms with Gasteiger partial charge in [0.1, 0.15) is 45.4 Å². The first-order valence-corrected chi connectivity index (χ1v) is 36.5. The van der Waals surface area contributed by atoms with Crippen molar-refractivity contribution >= 4 is 108 Å². The third-order valence-corrected chi connectivity index (χ3v) is 24.8. The molecule has 0 saturated carbocycles. The van der Waals surface area contributed by atoms with Gasteiger partial charge in [-0.25, -0.2) is 0 Å². The van der Waals surface area contributed by atoms with Crippen LogP contribution < -0.4 is 0 Å². The molecule has 8 nitrogen and oxygen atoms in total. The lowest BCUT2D eigenvalue weighted by Crippen LogP contribution is -2.44. The molecule has 20 aromatic carbocycles. The van der Waals surface area contributed by atoms with E-state index in [4.69, 9.17) is 0 Å². The number of benzene rings is 20. The molecule has 0 radical (unpaired) electrons. The molecule has 3 aliphatic rings. The fourth-order valence-corrected chi connectivity index (χ4v) is 20.1. The van der Waals surface area contributed by atoms with Crippen molar-refractivity contribution in [1.82, 2.24) is 0 Å². The predicted octanol–water partition coefficient (Wildman–Crippen LogP) is 21.7. The Labute approximate surface area is 617 Å². The number of phenolic OH excluding ortho intramolecular Hbond substituents is 4. The number of hydrogen-bond acceptors (Lipinski definition) is 8. The Morgan fingerprint density at radius 2 is 0.407 bits per heavy atom. The molecule has 0 spiro atoms. The summed E-state index contributed by atoms with van der Waals surface area (Å²) in [6.45, 7) is 0. The lowest BCUT2D eigenvalue weighted by atomic mass is 9.63. The van der Waals surface area contributed by atoms with Gasteiger partial charge in [-0.15, -0.1) is 0 Å². The van der Waals surface area contributed by atoms with Crippen molar-refractivity contribution in [3.8, 4) is 67.5 Å². The largest absolute Gasteiger partial charge is 0.507 e. The van der Waals surface area contributed by atoms with E-state index in [1.165, 1.54) is 0 Å². The van der Waals surface area contributed by atoms with Crippen molar-refractivity contribution in [3.63, 3.8) is 0 Å². The molecule has 0 aliphatic heterocycles. The van der Waals surface area contributed by atoms with E-state index in [-0.39, 0.29) is 23.0 Å². The van der Waals surface area contributed by atoms with Crippen LogP contribution in [-0.2, 0) is 22.4 Å². The Balaban J connectivity index is 0.620. The lowest BCUT2D eigenvalue weighted by molar-refractivity contribution is 0.0750. The van der Waals surface area contributed by atoms with Crippen LogP contribution in [0.15, 0.2) is 315 Å². The van der Waals surface area contributed by atoms with Crippen LogP contribution in [0.25, 0.3) is 152 Å². The average molecular weight is 1390 g/mol. The molecule has 0 atom stereocenters. The highest BCUT2D eigenvalue weighted by molar-refractivity contribution is 6.31. The molecule has 0 amide bonds. The van der Waals surface area contributed by atoms with Crippen molar-refractivity contribution < 1.29 is 40.9 Å². The minimum Gasteiger partial charge on any atom is -0.507 e. The van der Waals surface area contributed by atoms with Gasteiger partial charge < -0.3 is 40.9 Å². The first-order chi connectivity index (χ1) is 52.7. The Kier molecular flexibility index (Phi) is 11.9. The maximum absolute atomic E-state index is 14.1.